The molecule has 0 spiro atoms. The van der Waals surface area contributed by atoms with Gasteiger partial charge in [0, 0.05) is 39.1 Å². The molecule has 1 aliphatic heterocycles. The number of hydrogen-bond donors (Lipinski definition) is 3. The molecule has 2 rings (SSSR count). The molecule has 0 aliphatic carbocycles. The lowest BCUT2D eigenvalue weighted by atomic mass is 10.1. The van der Waals surface area contributed by atoms with Crippen molar-refractivity contribution in [3.05, 3.63) is 35.4 Å². The first-order valence-electron chi connectivity index (χ1n) is 8.22. The lowest BCUT2D eigenvalue weighted by Crippen LogP contribution is -2.40. The fourth-order valence-corrected chi connectivity index (χ4v) is 2.62. The summed E-state index contributed by atoms with van der Waals surface area (Å²) in [5.74, 6) is -1.15. The standard InChI is InChI=1S/C17H24N4O3/c18-11-13-4-1-5-14(10-13)12-20-17(24)16(23)19-7-3-9-21-8-2-6-15(21)22/h1,4-5,10H,2-3,6-9,11-12,18H2,(H,19,23)(H,20,24). The van der Waals surface area contributed by atoms with E-state index in [1.807, 2.05) is 24.3 Å². The van der Waals surface area contributed by atoms with Gasteiger partial charge in [-0.25, -0.2) is 0 Å². The summed E-state index contributed by atoms with van der Waals surface area (Å²) in [7, 11) is 0. The van der Waals surface area contributed by atoms with E-state index in [0.29, 0.717) is 32.5 Å². The Labute approximate surface area is 141 Å². The van der Waals surface area contributed by atoms with Crippen molar-refractivity contribution in [1.82, 2.24) is 15.5 Å². The largest absolute Gasteiger partial charge is 0.348 e. The number of rotatable bonds is 7. The van der Waals surface area contributed by atoms with E-state index in [-0.39, 0.29) is 12.5 Å². The van der Waals surface area contributed by atoms with Gasteiger partial charge in [0.05, 0.1) is 0 Å². The minimum absolute atomic E-state index is 0.166. The Bertz CT molecular complexity index is 603. The first-order chi connectivity index (χ1) is 11.6. The lowest BCUT2D eigenvalue weighted by molar-refractivity contribution is -0.139. The molecule has 0 bridgehead atoms. The molecule has 24 heavy (non-hydrogen) atoms. The molecule has 0 atom stereocenters. The summed E-state index contributed by atoms with van der Waals surface area (Å²) < 4.78 is 0. The number of hydrogen-bond acceptors (Lipinski definition) is 4. The zero-order valence-electron chi connectivity index (χ0n) is 13.7. The van der Waals surface area contributed by atoms with Crippen LogP contribution in [0.3, 0.4) is 0 Å². The molecule has 1 heterocycles. The maximum absolute atomic E-state index is 11.8. The molecule has 1 fully saturated rings. The Morgan fingerprint density at radius 1 is 1.17 bits per heavy atom. The summed E-state index contributed by atoms with van der Waals surface area (Å²) in [6.07, 6.45) is 2.16. The molecule has 4 N–H and O–H groups in total. The summed E-state index contributed by atoms with van der Waals surface area (Å²) in [6, 6.07) is 7.53. The fraction of sp³-hybridized carbons (Fsp3) is 0.471. The van der Waals surface area contributed by atoms with Gasteiger partial charge in [-0.05, 0) is 24.0 Å². The SMILES string of the molecule is NCc1cccc(CNC(=O)C(=O)NCCCN2CCCC2=O)c1. The molecule has 1 aromatic rings. The van der Waals surface area contributed by atoms with E-state index in [0.717, 1.165) is 24.1 Å². The number of nitrogens with one attached hydrogen (secondary N) is 2. The Kier molecular flexibility index (Phi) is 6.74. The van der Waals surface area contributed by atoms with E-state index in [4.69, 9.17) is 5.73 Å². The number of amides is 3. The van der Waals surface area contributed by atoms with Crippen LogP contribution in [0.25, 0.3) is 0 Å². The highest BCUT2D eigenvalue weighted by atomic mass is 16.2. The molecule has 0 unspecified atom stereocenters. The molecule has 7 nitrogen and oxygen atoms in total. The van der Waals surface area contributed by atoms with E-state index in [1.54, 1.807) is 4.90 Å². The van der Waals surface area contributed by atoms with Crippen LogP contribution < -0.4 is 16.4 Å². The first-order valence-corrected chi connectivity index (χ1v) is 8.22. The molecule has 0 saturated carbocycles. The normalized spacial score (nSPS) is 13.9. The van der Waals surface area contributed by atoms with Crippen molar-refractivity contribution in [3.8, 4) is 0 Å². The molecule has 1 aromatic carbocycles. The number of nitrogens with two attached hydrogens (primary N) is 1. The van der Waals surface area contributed by atoms with Crippen LogP contribution in [0.15, 0.2) is 24.3 Å². The molecule has 7 heteroatoms. The average molecular weight is 332 g/mol. The van der Waals surface area contributed by atoms with Crippen molar-refractivity contribution in [2.75, 3.05) is 19.6 Å². The summed E-state index contributed by atoms with van der Waals surface area (Å²) in [5.41, 5.74) is 7.44. The van der Waals surface area contributed by atoms with Crippen molar-refractivity contribution in [2.45, 2.75) is 32.4 Å². The van der Waals surface area contributed by atoms with Gasteiger partial charge in [-0.3, -0.25) is 14.4 Å². The minimum atomic E-state index is -0.662. The highest BCUT2D eigenvalue weighted by Gasteiger charge is 2.19. The van der Waals surface area contributed by atoms with Gasteiger partial charge in [0.25, 0.3) is 0 Å². The van der Waals surface area contributed by atoms with Crippen molar-refractivity contribution in [1.29, 1.82) is 0 Å². The second-order valence-electron chi connectivity index (χ2n) is 5.80. The van der Waals surface area contributed by atoms with Crippen LogP contribution in [-0.2, 0) is 27.5 Å². The van der Waals surface area contributed by atoms with Gasteiger partial charge >= 0.3 is 11.8 Å². The second kappa shape index (κ2) is 9.02. The van der Waals surface area contributed by atoms with Crippen molar-refractivity contribution in [2.24, 2.45) is 5.73 Å². The molecule has 1 aliphatic rings. The summed E-state index contributed by atoms with van der Waals surface area (Å²) >= 11 is 0. The lowest BCUT2D eigenvalue weighted by Gasteiger charge is -2.15. The summed E-state index contributed by atoms with van der Waals surface area (Å²) in [5, 5.41) is 5.15. The van der Waals surface area contributed by atoms with Crippen LogP contribution in [0, 0.1) is 0 Å². The zero-order valence-corrected chi connectivity index (χ0v) is 13.7. The van der Waals surface area contributed by atoms with Gasteiger partial charge in [0.15, 0.2) is 0 Å². The van der Waals surface area contributed by atoms with Crippen molar-refractivity contribution < 1.29 is 14.4 Å². The number of benzene rings is 1. The Hall–Kier alpha value is -2.41. The Morgan fingerprint density at radius 3 is 2.62 bits per heavy atom. The van der Waals surface area contributed by atoms with E-state index < -0.39 is 11.8 Å². The Balaban J connectivity index is 1.64. The van der Waals surface area contributed by atoms with E-state index >= 15 is 0 Å². The third-order valence-electron chi connectivity index (χ3n) is 3.95. The molecule has 0 radical (unpaired) electrons. The first kappa shape index (κ1) is 17.9. The van der Waals surface area contributed by atoms with Gasteiger partial charge < -0.3 is 21.3 Å². The van der Waals surface area contributed by atoms with Crippen LogP contribution in [0.2, 0.25) is 0 Å². The van der Waals surface area contributed by atoms with Crippen LogP contribution >= 0.6 is 0 Å². The van der Waals surface area contributed by atoms with E-state index in [9.17, 15) is 14.4 Å². The Morgan fingerprint density at radius 2 is 1.92 bits per heavy atom. The highest BCUT2D eigenvalue weighted by Crippen LogP contribution is 2.09. The highest BCUT2D eigenvalue weighted by molar-refractivity contribution is 6.35. The third-order valence-corrected chi connectivity index (χ3v) is 3.95. The third kappa shape index (κ3) is 5.34. The molecule has 130 valence electrons. The smallest absolute Gasteiger partial charge is 0.309 e. The zero-order chi connectivity index (χ0) is 17.4. The van der Waals surface area contributed by atoms with Crippen LogP contribution in [-0.4, -0.2) is 42.3 Å². The van der Waals surface area contributed by atoms with E-state index in [2.05, 4.69) is 10.6 Å². The second-order valence-corrected chi connectivity index (χ2v) is 5.80. The van der Waals surface area contributed by atoms with Crippen LogP contribution in [0.5, 0.6) is 0 Å². The predicted molar refractivity (Wildman–Crippen MR) is 89.6 cm³/mol. The molecular formula is C17H24N4O3. The minimum Gasteiger partial charge on any atom is -0.348 e. The summed E-state index contributed by atoms with van der Waals surface area (Å²) in [4.78, 5) is 36.7. The number of carbonyl (C=O) groups is 3. The van der Waals surface area contributed by atoms with Crippen LogP contribution in [0.4, 0.5) is 0 Å². The number of likely N-dealkylation sites (tertiary alicyclic amines) is 1. The number of nitrogens with zero attached hydrogens (tertiary/aromatic N) is 1. The molecule has 3 amide bonds. The topological polar surface area (TPSA) is 105 Å². The quantitative estimate of drug-likeness (QED) is 0.479. The molecule has 0 aromatic heterocycles. The van der Waals surface area contributed by atoms with Gasteiger partial charge in [-0.2, -0.15) is 0 Å². The van der Waals surface area contributed by atoms with E-state index in [1.165, 1.54) is 0 Å². The van der Waals surface area contributed by atoms with Crippen molar-refractivity contribution in [3.63, 3.8) is 0 Å². The predicted octanol–water partition coefficient (Wildman–Crippen LogP) is -0.110. The maximum Gasteiger partial charge on any atom is 0.309 e. The van der Waals surface area contributed by atoms with Crippen molar-refractivity contribution >= 4 is 17.7 Å². The number of carbonyl (C=O) groups excluding carboxylic acids is 3. The van der Waals surface area contributed by atoms with Crippen LogP contribution in [0.1, 0.15) is 30.4 Å². The van der Waals surface area contributed by atoms with Gasteiger partial charge in [-0.15, -0.1) is 0 Å². The fourth-order valence-electron chi connectivity index (χ4n) is 2.62. The van der Waals surface area contributed by atoms with Gasteiger partial charge in [-0.1, -0.05) is 24.3 Å². The monoisotopic (exact) mass is 332 g/mol. The average Bonchev–Trinajstić information content (AvgIpc) is 3.01. The maximum atomic E-state index is 11.8. The molecule has 1 saturated heterocycles. The van der Waals surface area contributed by atoms with Gasteiger partial charge in [0.1, 0.15) is 0 Å². The summed E-state index contributed by atoms with van der Waals surface area (Å²) in [6.45, 7) is 2.49. The van der Waals surface area contributed by atoms with Gasteiger partial charge in [0.2, 0.25) is 5.91 Å². The molecular weight excluding hydrogens is 308 g/mol.